The minimum absolute atomic E-state index is 0.264. The van der Waals surface area contributed by atoms with Gasteiger partial charge in [-0.3, -0.25) is 4.90 Å². The number of hydrogen-bond donors (Lipinski definition) is 0. The molecule has 1 aliphatic heterocycles. The van der Waals surface area contributed by atoms with Crippen molar-refractivity contribution in [2.24, 2.45) is 5.92 Å². The highest BCUT2D eigenvalue weighted by Crippen LogP contribution is 2.24. The Kier molecular flexibility index (Phi) is 4.37. The van der Waals surface area contributed by atoms with Gasteiger partial charge in [0.2, 0.25) is 0 Å². The Hall–Kier alpha value is -1.35. The van der Waals surface area contributed by atoms with Crippen LogP contribution >= 0.6 is 0 Å². The second kappa shape index (κ2) is 6.01. The third-order valence-electron chi connectivity index (χ3n) is 3.65. The van der Waals surface area contributed by atoms with Gasteiger partial charge in [-0.15, -0.1) is 0 Å². The Balaban J connectivity index is 2.01. The first-order valence-corrected chi connectivity index (χ1v) is 6.54. The fourth-order valence-corrected chi connectivity index (χ4v) is 2.52. The third-order valence-corrected chi connectivity index (χ3v) is 3.65. The van der Waals surface area contributed by atoms with Gasteiger partial charge >= 0.3 is 0 Å². The summed E-state index contributed by atoms with van der Waals surface area (Å²) in [6, 6.07) is 6.29. The van der Waals surface area contributed by atoms with Crippen molar-refractivity contribution in [3.63, 3.8) is 0 Å². The van der Waals surface area contributed by atoms with Crippen molar-refractivity contribution in [3.05, 3.63) is 29.3 Å². The van der Waals surface area contributed by atoms with Gasteiger partial charge in [-0.1, -0.05) is 17.7 Å². The first kappa shape index (κ1) is 13.1. The van der Waals surface area contributed by atoms with E-state index in [1.54, 1.807) is 7.11 Å². The summed E-state index contributed by atoms with van der Waals surface area (Å²) in [6.45, 7) is 5.01. The lowest BCUT2D eigenvalue weighted by atomic mass is 9.98. The average molecular weight is 247 g/mol. The van der Waals surface area contributed by atoms with Crippen molar-refractivity contribution in [2.45, 2.75) is 26.3 Å². The molecule has 2 rings (SSSR count). The molecule has 0 aliphatic carbocycles. The van der Waals surface area contributed by atoms with E-state index >= 15 is 0 Å². The zero-order valence-electron chi connectivity index (χ0n) is 11.2. The zero-order valence-corrected chi connectivity index (χ0v) is 11.2. The van der Waals surface area contributed by atoms with Crippen LogP contribution in [0, 0.1) is 12.8 Å². The van der Waals surface area contributed by atoms with Crippen LogP contribution in [0.15, 0.2) is 18.2 Å². The van der Waals surface area contributed by atoms with Gasteiger partial charge in [-0.2, -0.15) is 0 Å². The molecule has 0 spiro atoms. The number of benzene rings is 1. The third kappa shape index (κ3) is 3.10. The highest BCUT2D eigenvalue weighted by molar-refractivity contribution is 5.53. The molecule has 1 heterocycles. The van der Waals surface area contributed by atoms with Gasteiger partial charge in [0.05, 0.1) is 7.11 Å². The van der Waals surface area contributed by atoms with Crippen LogP contribution in [0.3, 0.4) is 0 Å². The molecule has 0 aromatic heterocycles. The topological polar surface area (TPSA) is 29.5 Å². The molecule has 3 heteroatoms. The summed E-state index contributed by atoms with van der Waals surface area (Å²) in [5.74, 6) is 1.22. The second-order valence-corrected chi connectivity index (χ2v) is 5.06. The minimum atomic E-state index is 0.264. The molecule has 0 atom stereocenters. The fraction of sp³-hybridized carbons (Fsp3) is 0.533. The van der Waals surface area contributed by atoms with E-state index in [1.807, 2.05) is 6.07 Å². The highest BCUT2D eigenvalue weighted by atomic mass is 16.5. The summed E-state index contributed by atoms with van der Waals surface area (Å²) in [6.07, 6.45) is 3.07. The van der Waals surface area contributed by atoms with E-state index in [4.69, 9.17) is 4.74 Å². The predicted molar refractivity (Wildman–Crippen MR) is 71.8 cm³/mol. The molecule has 0 radical (unpaired) electrons. The molecule has 0 unspecified atom stereocenters. The lowest BCUT2D eigenvalue weighted by Crippen LogP contribution is -2.33. The number of ether oxygens (including phenoxy) is 1. The number of aldehydes is 1. The first-order chi connectivity index (χ1) is 8.72. The van der Waals surface area contributed by atoms with E-state index in [1.165, 1.54) is 11.1 Å². The summed E-state index contributed by atoms with van der Waals surface area (Å²) in [5, 5.41) is 0. The zero-order chi connectivity index (χ0) is 13.0. The lowest BCUT2D eigenvalue weighted by molar-refractivity contribution is -0.112. The molecule has 1 aromatic rings. The Morgan fingerprint density at radius 3 is 2.72 bits per heavy atom. The second-order valence-electron chi connectivity index (χ2n) is 5.06. The summed E-state index contributed by atoms with van der Waals surface area (Å²) < 4.78 is 5.40. The molecule has 0 saturated carbocycles. The van der Waals surface area contributed by atoms with Gasteiger partial charge in [0.25, 0.3) is 0 Å². The summed E-state index contributed by atoms with van der Waals surface area (Å²) >= 11 is 0. The van der Waals surface area contributed by atoms with Gasteiger partial charge in [0, 0.05) is 18.0 Å². The number of hydrogen-bond acceptors (Lipinski definition) is 3. The van der Waals surface area contributed by atoms with Gasteiger partial charge < -0.3 is 9.53 Å². The molecule has 0 bridgehead atoms. The van der Waals surface area contributed by atoms with E-state index in [-0.39, 0.29) is 5.92 Å². The Labute approximate surface area is 109 Å². The summed E-state index contributed by atoms with van der Waals surface area (Å²) in [5.41, 5.74) is 2.50. The maximum Gasteiger partial charge on any atom is 0.123 e. The van der Waals surface area contributed by atoms with Crippen LogP contribution in [0.5, 0.6) is 5.75 Å². The van der Waals surface area contributed by atoms with Crippen LogP contribution in [0.2, 0.25) is 0 Å². The normalized spacial score (nSPS) is 17.7. The van der Waals surface area contributed by atoms with Gasteiger partial charge in [-0.25, -0.2) is 0 Å². The Bertz CT molecular complexity index is 409. The van der Waals surface area contributed by atoms with Crippen molar-refractivity contribution >= 4 is 6.29 Å². The molecule has 1 saturated heterocycles. The molecule has 1 fully saturated rings. The number of methoxy groups -OCH3 is 1. The van der Waals surface area contributed by atoms with Crippen molar-refractivity contribution in [2.75, 3.05) is 20.2 Å². The standard InChI is InChI=1S/C15H21NO2/c1-12-3-4-15(18-2)14(9-12)10-16-7-5-13(11-17)6-8-16/h3-4,9,11,13H,5-8,10H2,1-2H3. The van der Waals surface area contributed by atoms with Crippen LogP contribution in [0.25, 0.3) is 0 Å². The lowest BCUT2D eigenvalue weighted by Gasteiger charge is -2.30. The van der Waals surface area contributed by atoms with Gasteiger partial charge in [0.1, 0.15) is 12.0 Å². The van der Waals surface area contributed by atoms with Crippen molar-refractivity contribution < 1.29 is 9.53 Å². The quantitative estimate of drug-likeness (QED) is 0.765. The maximum absolute atomic E-state index is 10.7. The molecule has 0 N–H and O–H groups in total. The van der Waals surface area contributed by atoms with Crippen LogP contribution in [0.1, 0.15) is 24.0 Å². The van der Waals surface area contributed by atoms with Crippen molar-refractivity contribution in [3.8, 4) is 5.75 Å². The fourth-order valence-electron chi connectivity index (χ4n) is 2.52. The summed E-state index contributed by atoms with van der Waals surface area (Å²) in [4.78, 5) is 13.1. The number of nitrogens with zero attached hydrogens (tertiary/aromatic N) is 1. The van der Waals surface area contributed by atoms with E-state index in [0.29, 0.717) is 0 Å². The molecule has 1 aliphatic rings. The van der Waals surface area contributed by atoms with Crippen molar-refractivity contribution in [1.29, 1.82) is 0 Å². The summed E-state index contributed by atoms with van der Waals surface area (Å²) in [7, 11) is 1.72. The number of likely N-dealkylation sites (tertiary alicyclic amines) is 1. The highest BCUT2D eigenvalue weighted by Gasteiger charge is 2.19. The molecule has 1 aromatic carbocycles. The molecule has 3 nitrogen and oxygen atoms in total. The van der Waals surface area contributed by atoms with E-state index < -0.39 is 0 Å². The monoisotopic (exact) mass is 247 g/mol. The van der Waals surface area contributed by atoms with Crippen LogP contribution in [-0.4, -0.2) is 31.4 Å². The predicted octanol–water partition coefficient (Wildman–Crippen LogP) is 2.41. The maximum atomic E-state index is 10.7. The molecule has 98 valence electrons. The smallest absolute Gasteiger partial charge is 0.123 e. The van der Waals surface area contributed by atoms with Crippen molar-refractivity contribution in [1.82, 2.24) is 4.90 Å². The first-order valence-electron chi connectivity index (χ1n) is 6.54. The average Bonchev–Trinajstić information content (AvgIpc) is 2.40. The SMILES string of the molecule is COc1ccc(C)cc1CN1CCC(C=O)CC1. The molecular weight excluding hydrogens is 226 g/mol. The number of piperidine rings is 1. The Morgan fingerprint density at radius 2 is 2.11 bits per heavy atom. The Morgan fingerprint density at radius 1 is 1.39 bits per heavy atom. The largest absolute Gasteiger partial charge is 0.496 e. The van der Waals surface area contributed by atoms with Gasteiger partial charge in [0.15, 0.2) is 0 Å². The van der Waals surface area contributed by atoms with E-state index in [2.05, 4.69) is 24.0 Å². The van der Waals surface area contributed by atoms with Gasteiger partial charge in [-0.05, 0) is 38.9 Å². The molecular formula is C15H21NO2. The van der Waals surface area contributed by atoms with Crippen LogP contribution in [-0.2, 0) is 11.3 Å². The van der Waals surface area contributed by atoms with E-state index in [9.17, 15) is 4.79 Å². The number of carbonyl (C=O) groups excluding carboxylic acids is 1. The number of carbonyl (C=O) groups is 1. The van der Waals surface area contributed by atoms with E-state index in [0.717, 1.165) is 44.5 Å². The van der Waals surface area contributed by atoms with Crippen LogP contribution in [0.4, 0.5) is 0 Å². The molecule has 0 amide bonds. The number of aryl methyl sites for hydroxylation is 1. The van der Waals surface area contributed by atoms with Crippen LogP contribution < -0.4 is 4.74 Å². The minimum Gasteiger partial charge on any atom is -0.496 e. The molecule has 18 heavy (non-hydrogen) atoms. The number of rotatable bonds is 4.